The predicted octanol–water partition coefficient (Wildman–Crippen LogP) is 3.63. The molecule has 0 bridgehead atoms. The van der Waals surface area contributed by atoms with Crippen LogP contribution in [0.15, 0.2) is 53.3 Å². The fourth-order valence-electron chi connectivity index (χ4n) is 2.53. The minimum atomic E-state index is -0.606. The van der Waals surface area contributed by atoms with Gasteiger partial charge in [-0.15, -0.1) is 0 Å². The smallest absolute Gasteiger partial charge is 0.412 e. The first-order chi connectivity index (χ1) is 13.7. The van der Waals surface area contributed by atoms with E-state index in [1.54, 1.807) is 57.2 Å². The van der Waals surface area contributed by atoms with Crippen molar-refractivity contribution in [1.29, 1.82) is 0 Å². The number of aromatic nitrogens is 2. The lowest BCUT2D eigenvalue weighted by atomic mass is 10.2. The molecule has 1 aromatic heterocycles. The zero-order valence-electron chi connectivity index (χ0n) is 16.3. The highest BCUT2D eigenvalue weighted by molar-refractivity contribution is 5.91. The number of benzene rings is 2. The van der Waals surface area contributed by atoms with Crippen LogP contribution in [0.3, 0.4) is 0 Å². The number of hydrogen-bond acceptors (Lipinski definition) is 6. The van der Waals surface area contributed by atoms with Crippen molar-refractivity contribution < 1.29 is 19.1 Å². The van der Waals surface area contributed by atoms with E-state index in [1.807, 2.05) is 0 Å². The SMILES string of the molecule is CC(C)(C)OC(=O)Nc1ccc(C(=O)OCc2nc3ccccc3c(=O)[nH]2)cc1. The van der Waals surface area contributed by atoms with Crippen LogP contribution in [-0.2, 0) is 16.1 Å². The number of H-pyrrole nitrogens is 1. The summed E-state index contributed by atoms with van der Waals surface area (Å²) in [6, 6.07) is 13.1. The second kappa shape index (κ2) is 8.14. The highest BCUT2D eigenvalue weighted by Gasteiger charge is 2.16. The predicted molar refractivity (Wildman–Crippen MR) is 108 cm³/mol. The first-order valence-corrected chi connectivity index (χ1v) is 8.96. The average Bonchev–Trinajstić information content (AvgIpc) is 2.65. The van der Waals surface area contributed by atoms with E-state index < -0.39 is 17.7 Å². The van der Waals surface area contributed by atoms with Gasteiger partial charge in [0, 0.05) is 5.69 Å². The molecule has 0 fully saturated rings. The molecule has 2 N–H and O–H groups in total. The fraction of sp³-hybridized carbons (Fsp3) is 0.238. The normalized spacial score (nSPS) is 11.1. The maximum atomic E-state index is 12.2. The second-order valence-electron chi connectivity index (χ2n) is 7.31. The third-order valence-electron chi connectivity index (χ3n) is 3.77. The number of esters is 1. The Labute approximate surface area is 166 Å². The van der Waals surface area contributed by atoms with Crippen LogP contribution in [0.2, 0.25) is 0 Å². The summed E-state index contributed by atoms with van der Waals surface area (Å²) in [6.45, 7) is 5.13. The molecule has 1 amide bonds. The van der Waals surface area contributed by atoms with Crippen molar-refractivity contribution in [1.82, 2.24) is 9.97 Å². The quantitative estimate of drug-likeness (QED) is 0.653. The number of amides is 1. The third kappa shape index (κ3) is 5.41. The monoisotopic (exact) mass is 395 g/mol. The summed E-state index contributed by atoms with van der Waals surface area (Å²) in [5, 5.41) is 3.05. The van der Waals surface area contributed by atoms with Crippen molar-refractivity contribution >= 4 is 28.7 Å². The lowest BCUT2D eigenvalue weighted by Gasteiger charge is -2.19. The van der Waals surface area contributed by atoms with Gasteiger partial charge in [-0.25, -0.2) is 14.6 Å². The van der Waals surface area contributed by atoms with E-state index in [9.17, 15) is 14.4 Å². The van der Waals surface area contributed by atoms with Gasteiger partial charge in [0.2, 0.25) is 0 Å². The molecule has 0 spiro atoms. The van der Waals surface area contributed by atoms with E-state index in [1.165, 1.54) is 12.1 Å². The molecule has 0 aliphatic heterocycles. The molecule has 0 aliphatic rings. The molecular formula is C21H21N3O5. The van der Waals surface area contributed by atoms with Gasteiger partial charge in [0.25, 0.3) is 5.56 Å². The summed E-state index contributed by atoms with van der Waals surface area (Å²) in [4.78, 5) is 42.9. The van der Waals surface area contributed by atoms with Crippen LogP contribution in [0.4, 0.5) is 10.5 Å². The Bertz CT molecular complexity index is 1100. The highest BCUT2D eigenvalue weighted by atomic mass is 16.6. The summed E-state index contributed by atoms with van der Waals surface area (Å²) in [5.41, 5.74) is 0.407. The molecule has 3 aromatic rings. The Hall–Kier alpha value is -3.68. The number of aromatic amines is 1. The molecule has 0 atom stereocenters. The number of para-hydroxylation sites is 1. The van der Waals surface area contributed by atoms with Crippen LogP contribution in [0, 0.1) is 0 Å². The lowest BCUT2D eigenvalue weighted by Crippen LogP contribution is -2.27. The molecular weight excluding hydrogens is 374 g/mol. The van der Waals surface area contributed by atoms with Crippen LogP contribution in [-0.4, -0.2) is 27.6 Å². The van der Waals surface area contributed by atoms with Gasteiger partial charge in [-0.3, -0.25) is 10.1 Å². The Morgan fingerprint density at radius 1 is 1.07 bits per heavy atom. The van der Waals surface area contributed by atoms with E-state index in [-0.39, 0.29) is 18.0 Å². The van der Waals surface area contributed by atoms with E-state index in [0.29, 0.717) is 22.2 Å². The summed E-state index contributed by atoms with van der Waals surface area (Å²) in [5.74, 6) is -0.324. The average molecular weight is 395 g/mol. The zero-order valence-corrected chi connectivity index (χ0v) is 16.3. The van der Waals surface area contributed by atoms with Gasteiger partial charge in [0.1, 0.15) is 18.0 Å². The second-order valence-corrected chi connectivity index (χ2v) is 7.31. The molecule has 8 nitrogen and oxygen atoms in total. The number of nitrogens with zero attached hydrogens (tertiary/aromatic N) is 1. The van der Waals surface area contributed by atoms with Gasteiger partial charge in [0.15, 0.2) is 0 Å². The van der Waals surface area contributed by atoms with E-state index in [2.05, 4.69) is 15.3 Å². The maximum absolute atomic E-state index is 12.2. The van der Waals surface area contributed by atoms with Crippen molar-refractivity contribution in [2.24, 2.45) is 0 Å². The van der Waals surface area contributed by atoms with Gasteiger partial charge < -0.3 is 14.5 Å². The minimum absolute atomic E-state index is 0.170. The summed E-state index contributed by atoms with van der Waals surface area (Å²) < 4.78 is 10.4. The number of ether oxygens (including phenoxy) is 2. The van der Waals surface area contributed by atoms with E-state index in [0.717, 1.165) is 0 Å². The van der Waals surface area contributed by atoms with E-state index in [4.69, 9.17) is 9.47 Å². The lowest BCUT2D eigenvalue weighted by molar-refractivity contribution is 0.0462. The maximum Gasteiger partial charge on any atom is 0.412 e. The van der Waals surface area contributed by atoms with Crippen molar-refractivity contribution in [3.8, 4) is 0 Å². The van der Waals surface area contributed by atoms with Gasteiger partial charge >= 0.3 is 12.1 Å². The van der Waals surface area contributed by atoms with Crippen LogP contribution in [0.25, 0.3) is 10.9 Å². The molecule has 0 unspecified atom stereocenters. The first-order valence-electron chi connectivity index (χ1n) is 8.96. The number of rotatable bonds is 4. The molecule has 150 valence electrons. The zero-order chi connectivity index (χ0) is 21.0. The van der Waals surface area contributed by atoms with Crippen LogP contribution >= 0.6 is 0 Å². The summed E-state index contributed by atoms with van der Waals surface area (Å²) in [6.07, 6.45) is -0.584. The highest BCUT2D eigenvalue weighted by Crippen LogP contribution is 2.14. The third-order valence-corrected chi connectivity index (χ3v) is 3.77. The van der Waals surface area contributed by atoms with Gasteiger partial charge in [-0.05, 0) is 57.2 Å². The van der Waals surface area contributed by atoms with Crippen molar-refractivity contribution in [3.63, 3.8) is 0 Å². The van der Waals surface area contributed by atoms with Crippen LogP contribution in [0.1, 0.15) is 37.0 Å². The van der Waals surface area contributed by atoms with Crippen LogP contribution < -0.4 is 10.9 Å². The topological polar surface area (TPSA) is 110 Å². The van der Waals surface area contributed by atoms with Gasteiger partial charge in [0.05, 0.1) is 16.5 Å². The van der Waals surface area contributed by atoms with Gasteiger partial charge in [-0.2, -0.15) is 0 Å². The molecule has 1 heterocycles. The molecule has 2 aromatic carbocycles. The molecule has 0 aliphatic carbocycles. The van der Waals surface area contributed by atoms with Crippen molar-refractivity contribution in [3.05, 3.63) is 70.3 Å². The number of nitrogens with one attached hydrogen (secondary N) is 2. The van der Waals surface area contributed by atoms with Gasteiger partial charge in [-0.1, -0.05) is 12.1 Å². The molecule has 8 heteroatoms. The number of hydrogen-bond donors (Lipinski definition) is 2. The molecule has 0 saturated carbocycles. The standard InChI is InChI=1S/C21H21N3O5/c1-21(2,3)29-20(27)22-14-10-8-13(9-11-14)19(26)28-12-17-23-16-7-5-4-6-15(16)18(25)24-17/h4-11H,12H2,1-3H3,(H,22,27)(H,23,24,25). The molecule has 0 saturated heterocycles. The fourth-order valence-corrected chi connectivity index (χ4v) is 2.53. The van der Waals surface area contributed by atoms with Crippen molar-refractivity contribution in [2.75, 3.05) is 5.32 Å². The Balaban J connectivity index is 1.61. The number of anilines is 1. The summed E-state index contributed by atoms with van der Waals surface area (Å²) in [7, 11) is 0. The Morgan fingerprint density at radius 2 is 1.76 bits per heavy atom. The number of carbonyl (C=O) groups excluding carboxylic acids is 2. The Kier molecular flexibility index (Phi) is 5.63. The number of carbonyl (C=O) groups is 2. The van der Waals surface area contributed by atoms with Crippen molar-refractivity contribution in [2.45, 2.75) is 33.0 Å². The molecule has 0 radical (unpaired) electrons. The number of fused-ring (bicyclic) bond motifs is 1. The minimum Gasteiger partial charge on any atom is -0.454 e. The molecule has 29 heavy (non-hydrogen) atoms. The van der Waals surface area contributed by atoms with E-state index >= 15 is 0 Å². The Morgan fingerprint density at radius 3 is 2.45 bits per heavy atom. The molecule has 3 rings (SSSR count). The largest absolute Gasteiger partial charge is 0.454 e. The summed E-state index contributed by atoms with van der Waals surface area (Å²) >= 11 is 0. The van der Waals surface area contributed by atoms with Crippen LogP contribution in [0.5, 0.6) is 0 Å². The first kappa shape index (κ1) is 20.1.